The number of carbonyl (C=O) groups is 2. The van der Waals surface area contributed by atoms with Crippen LogP contribution in [0, 0.1) is 5.92 Å². The summed E-state index contributed by atoms with van der Waals surface area (Å²) in [4.78, 5) is 27.0. The fraction of sp³-hybridized carbons (Fsp3) is 0.789. The second kappa shape index (κ2) is 12.3. The van der Waals surface area contributed by atoms with Gasteiger partial charge in [-0.25, -0.2) is 0 Å². The molecule has 6 heteroatoms. The van der Waals surface area contributed by atoms with Gasteiger partial charge in [0, 0.05) is 0 Å². The van der Waals surface area contributed by atoms with Crippen molar-refractivity contribution in [1.29, 1.82) is 0 Å². The van der Waals surface area contributed by atoms with Gasteiger partial charge in [0.2, 0.25) is 11.6 Å². The van der Waals surface area contributed by atoms with Crippen molar-refractivity contribution in [2.75, 3.05) is 20.6 Å². The minimum Gasteiger partial charge on any atom is -0.391 e. The molecule has 0 aliphatic carbocycles. The Balaban J connectivity index is 5.25. The third kappa shape index (κ3) is 7.77. The second-order valence-corrected chi connectivity index (χ2v) is 6.94. The van der Waals surface area contributed by atoms with Crippen LogP contribution in [-0.4, -0.2) is 71.6 Å². The number of unbranched alkanes of at least 4 members (excludes halogenated alkanes) is 1. The molecule has 0 saturated carbocycles. The summed E-state index contributed by atoms with van der Waals surface area (Å²) in [5, 5.41) is 23.5. The number of aliphatic hydroxyl groups is 2. The number of nitrogens with one attached hydrogen (secondary N) is 1. The average Bonchev–Trinajstić information content (AvgIpc) is 2.55. The first kappa shape index (κ1) is 23.9. The summed E-state index contributed by atoms with van der Waals surface area (Å²) in [6.07, 6.45) is 4.30. The highest BCUT2D eigenvalue weighted by Gasteiger charge is 2.39. The molecule has 0 saturated heterocycles. The lowest BCUT2D eigenvalue weighted by atomic mass is 9.88. The van der Waals surface area contributed by atoms with E-state index in [1.807, 2.05) is 32.9 Å². The van der Waals surface area contributed by atoms with Gasteiger partial charge in [0.05, 0.1) is 12.2 Å². The number of ketones is 2. The Morgan fingerprint density at radius 2 is 1.76 bits per heavy atom. The maximum Gasteiger partial charge on any atom is 0.219 e. The lowest BCUT2D eigenvalue weighted by Crippen LogP contribution is -2.56. The van der Waals surface area contributed by atoms with Gasteiger partial charge in [-0.05, 0) is 53.2 Å². The molecule has 0 aliphatic rings. The average molecular weight is 357 g/mol. The van der Waals surface area contributed by atoms with Crippen molar-refractivity contribution in [3.05, 3.63) is 12.2 Å². The zero-order chi connectivity index (χ0) is 19.6. The summed E-state index contributed by atoms with van der Waals surface area (Å²) in [6.45, 7) is 7.82. The Morgan fingerprint density at radius 1 is 1.16 bits per heavy atom. The number of Topliss-reactive ketones (excluding diaryl/α,β-unsaturated/α-hetero) is 2. The third-order valence-electron chi connectivity index (χ3n) is 4.38. The zero-order valence-corrected chi connectivity index (χ0v) is 16.5. The third-order valence-corrected chi connectivity index (χ3v) is 4.38. The highest BCUT2D eigenvalue weighted by Crippen LogP contribution is 2.17. The van der Waals surface area contributed by atoms with Crippen LogP contribution in [-0.2, 0) is 9.59 Å². The predicted molar refractivity (Wildman–Crippen MR) is 100 cm³/mol. The van der Waals surface area contributed by atoms with Crippen molar-refractivity contribution in [1.82, 2.24) is 10.2 Å². The molecule has 0 rings (SSSR count). The molecule has 0 radical (unpaired) electrons. The van der Waals surface area contributed by atoms with Gasteiger partial charge in [-0.1, -0.05) is 32.4 Å². The number of likely N-dealkylation sites (N-methyl/N-ethyl adjacent to an activating group) is 1. The van der Waals surface area contributed by atoms with Crippen molar-refractivity contribution >= 4 is 11.6 Å². The maximum absolute atomic E-state index is 12.8. The molecule has 25 heavy (non-hydrogen) atoms. The molecule has 0 aliphatic heterocycles. The molecule has 0 bridgehead atoms. The summed E-state index contributed by atoms with van der Waals surface area (Å²) in [5.74, 6) is -1.51. The van der Waals surface area contributed by atoms with Crippen molar-refractivity contribution < 1.29 is 19.8 Å². The largest absolute Gasteiger partial charge is 0.391 e. The first-order valence-electron chi connectivity index (χ1n) is 9.14. The Labute approximate surface area is 152 Å². The number of rotatable bonds is 13. The summed E-state index contributed by atoms with van der Waals surface area (Å²) >= 11 is 0. The SMILES string of the molecule is C/C=C/C[C@@H](C)[C@@H](O)[C@@H](C(=O)C(=O)[C@@H](NCCCC)[C@@H](C)O)N(C)C. The summed E-state index contributed by atoms with van der Waals surface area (Å²) < 4.78 is 0. The zero-order valence-electron chi connectivity index (χ0n) is 16.5. The number of hydrogen-bond donors (Lipinski definition) is 3. The van der Waals surface area contributed by atoms with Gasteiger partial charge in [0.1, 0.15) is 12.1 Å². The lowest BCUT2D eigenvalue weighted by Gasteiger charge is -2.32. The Morgan fingerprint density at radius 3 is 2.20 bits per heavy atom. The molecule has 0 spiro atoms. The van der Waals surface area contributed by atoms with Crippen LogP contribution in [0.25, 0.3) is 0 Å². The molecule has 0 amide bonds. The van der Waals surface area contributed by atoms with Gasteiger partial charge in [0.25, 0.3) is 0 Å². The molecule has 0 aromatic heterocycles. The number of allylic oxidation sites excluding steroid dienone is 2. The number of carbonyl (C=O) groups excluding carboxylic acids is 2. The predicted octanol–water partition coefficient (Wildman–Crippen LogP) is 1.16. The minimum absolute atomic E-state index is 0.168. The molecular weight excluding hydrogens is 320 g/mol. The van der Waals surface area contributed by atoms with E-state index in [0.29, 0.717) is 13.0 Å². The Bertz CT molecular complexity index is 435. The summed E-state index contributed by atoms with van der Waals surface area (Å²) in [5.41, 5.74) is 0. The van der Waals surface area contributed by atoms with Crippen LogP contribution >= 0.6 is 0 Å². The maximum atomic E-state index is 12.8. The van der Waals surface area contributed by atoms with Crippen LogP contribution in [0.4, 0.5) is 0 Å². The first-order valence-corrected chi connectivity index (χ1v) is 9.14. The van der Waals surface area contributed by atoms with Gasteiger partial charge >= 0.3 is 0 Å². The molecule has 146 valence electrons. The molecule has 0 fully saturated rings. The smallest absolute Gasteiger partial charge is 0.219 e. The highest BCUT2D eigenvalue weighted by molar-refractivity contribution is 6.41. The van der Waals surface area contributed by atoms with E-state index >= 15 is 0 Å². The monoisotopic (exact) mass is 356 g/mol. The molecule has 5 atom stereocenters. The highest BCUT2D eigenvalue weighted by atomic mass is 16.3. The van der Waals surface area contributed by atoms with E-state index in [0.717, 1.165) is 12.8 Å². The normalized spacial score (nSPS) is 18.1. The van der Waals surface area contributed by atoms with Crippen LogP contribution in [0.3, 0.4) is 0 Å². The van der Waals surface area contributed by atoms with E-state index in [-0.39, 0.29) is 5.92 Å². The van der Waals surface area contributed by atoms with Crippen molar-refractivity contribution in [3.63, 3.8) is 0 Å². The molecule has 0 aromatic carbocycles. The van der Waals surface area contributed by atoms with Crippen molar-refractivity contribution in [3.8, 4) is 0 Å². The van der Waals surface area contributed by atoms with Crippen LogP contribution in [0.1, 0.15) is 47.0 Å². The molecule has 0 heterocycles. The minimum atomic E-state index is -0.978. The molecule has 3 N–H and O–H groups in total. The van der Waals surface area contributed by atoms with E-state index in [1.165, 1.54) is 6.92 Å². The Kier molecular flexibility index (Phi) is 11.8. The van der Waals surface area contributed by atoms with Crippen LogP contribution in [0.15, 0.2) is 12.2 Å². The fourth-order valence-corrected chi connectivity index (χ4v) is 2.71. The van der Waals surface area contributed by atoms with Gasteiger partial charge in [-0.2, -0.15) is 0 Å². The number of hydrogen-bond acceptors (Lipinski definition) is 6. The fourth-order valence-electron chi connectivity index (χ4n) is 2.71. The molecule has 6 nitrogen and oxygen atoms in total. The Hall–Kier alpha value is -1.08. The van der Waals surface area contributed by atoms with Crippen molar-refractivity contribution in [2.24, 2.45) is 5.92 Å². The second-order valence-electron chi connectivity index (χ2n) is 6.94. The van der Waals surface area contributed by atoms with Crippen LogP contribution in [0.5, 0.6) is 0 Å². The van der Waals surface area contributed by atoms with E-state index in [9.17, 15) is 19.8 Å². The molecular formula is C19H36N2O4. The summed E-state index contributed by atoms with van der Waals surface area (Å²) in [6, 6.07) is -1.87. The van der Waals surface area contributed by atoms with Gasteiger partial charge in [0.15, 0.2) is 0 Å². The van der Waals surface area contributed by atoms with Gasteiger partial charge < -0.3 is 15.5 Å². The molecule has 0 aromatic rings. The van der Waals surface area contributed by atoms with Crippen LogP contribution in [0.2, 0.25) is 0 Å². The summed E-state index contributed by atoms with van der Waals surface area (Å²) in [7, 11) is 3.34. The van der Waals surface area contributed by atoms with Gasteiger partial charge in [-0.15, -0.1) is 0 Å². The number of nitrogens with zero attached hydrogens (tertiary/aromatic N) is 1. The number of aliphatic hydroxyl groups excluding tert-OH is 2. The van der Waals surface area contributed by atoms with Gasteiger partial charge in [-0.3, -0.25) is 14.5 Å². The first-order chi connectivity index (χ1) is 11.7. The van der Waals surface area contributed by atoms with E-state index in [1.54, 1.807) is 19.0 Å². The molecule has 0 unspecified atom stereocenters. The lowest BCUT2D eigenvalue weighted by molar-refractivity contribution is -0.145. The van der Waals surface area contributed by atoms with Crippen molar-refractivity contribution in [2.45, 2.75) is 71.2 Å². The standard InChI is InChI=1S/C19H36N2O4/c1-7-9-11-13(3)17(23)16(21(5)6)19(25)18(24)15(14(4)22)20-12-10-8-2/h7,9,13-17,20,22-23H,8,10-12H2,1-6H3/b9-7+/t13-,14-,15+,16+,17-/m1/s1. The van der Waals surface area contributed by atoms with E-state index < -0.39 is 35.9 Å². The topological polar surface area (TPSA) is 89.9 Å². The van der Waals surface area contributed by atoms with Crippen LogP contribution < -0.4 is 5.32 Å². The van der Waals surface area contributed by atoms with E-state index in [2.05, 4.69) is 5.32 Å². The quantitative estimate of drug-likeness (QED) is 0.261. The van der Waals surface area contributed by atoms with E-state index in [4.69, 9.17) is 0 Å².